The fourth-order valence-corrected chi connectivity index (χ4v) is 0.354. The molecule has 0 rings (SSSR count). The van der Waals surface area contributed by atoms with Gasteiger partial charge < -0.3 is 10.2 Å². The van der Waals surface area contributed by atoms with Crippen molar-refractivity contribution in [1.29, 1.82) is 0 Å². The summed E-state index contributed by atoms with van der Waals surface area (Å²) >= 11 is 0. The van der Waals surface area contributed by atoms with Gasteiger partial charge in [0.05, 0.1) is 12.7 Å². The Balaban J connectivity index is 3.21. The monoisotopic (exact) mass is 116 g/mol. The minimum Gasteiger partial charge on any atom is -0.393 e. The third-order valence-electron chi connectivity index (χ3n) is 0.781. The largest absolute Gasteiger partial charge is 0.393 e. The Hall–Kier alpha value is -0.340. The third kappa shape index (κ3) is 3.84. The molecule has 0 spiro atoms. The molecule has 2 N–H and O–H groups in total. The average Bonchev–Trinajstić information content (AvgIpc) is 1.83. The number of aliphatic hydroxyl groups is 2. The Labute approximate surface area is 49.5 Å². The van der Waals surface area contributed by atoms with Gasteiger partial charge in [-0.1, -0.05) is 19.1 Å². The van der Waals surface area contributed by atoms with Crippen LogP contribution in [-0.2, 0) is 0 Å². The van der Waals surface area contributed by atoms with Crippen LogP contribution in [0.2, 0.25) is 0 Å². The van der Waals surface area contributed by atoms with E-state index in [1.807, 2.05) is 13.0 Å². The molecule has 48 valence electrons. The van der Waals surface area contributed by atoms with Crippen LogP contribution in [-0.4, -0.2) is 22.9 Å². The van der Waals surface area contributed by atoms with E-state index in [1.54, 1.807) is 6.08 Å². The third-order valence-corrected chi connectivity index (χ3v) is 0.781. The molecule has 0 aliphatic heterocycles. The van der Waals surface area contributed by atoms with Crippen LogP contribution < -0.4 is 0 Å². The maximum absolute atomic E-state index is 8.65. The van der Waals surface area contributed by atoms with E-state index < -0.39 is 6.10 Å². The van der Waals surface area contributed by atoms with Crippen molar-refractivity contribution >= 4 is 0 Å². The lowest BCUT2D eigenvalue weighted by molar-refractivity contribution is 0.131. The highest BCUT2D eigenvalue weighted by Gasteiger charge is 1.90. The maximum atomic E-state index is 8.65. The zero-order chi connectivity index (χ0) is 6.41. The normalized spacial score (nSPS) is 14.9. The molecule has 0 amide bonds. The molecular formula is C6H12O2. The lowest BCUT2D eigenvalue weighted by atomic mass is 10.3. The molecule has 0 fully saturated rings. The minimum atomic E-state index is -0.671. The van der Waals surface area contributed by atoms with Crippen molar-refractivity contribution < 1.29 is 10.2 Å². The van der Waals surface area contributed by atoms with Gasteiger partial charge in [0.15, 0.2) is 0 Å². The van der Waals surface area contributed by atoms with Gasteiger partial charge in [0.1, 0.15) is 0 Å². The van der Waals surface area contributed by atoms with Gasteiger partial charge in [-0.25, -0.2) is 0 Å². The van der Waals surface area contributed by atoms with Crippen LogP contribution >= 0.6 is 0 Å². The first-order chi connectivity index (χ1) is 3.81. The zero-order valence-electron chi connectivity index (χ0n) is 5.04. The summed E-state index contributed by atoms with van der Waals surface area (Å²) in [5.74, 6) is 0. The minimum absolute atomic E-state index is 0.184. The topological polar surface area (TPSA) is 40.5 Å². The highest BCUT2D eigenvalue weighted by molar-refractivity contribution is 4.86. The molecule has 2 heteroatoms. The van der Waals surface area contributed by atoms with E-state index in [0.29, 0.717) is 0 Å². The number of rotatable bonds is 3. The SMILES string of the molecule is CCC=CC(O)CO. The number of aliphatic hydroxyl groups excluding tert-OH is 2. The van der Waals surface area contributed by atoms with Gasteiger partial charge in [-0.2, -0.15) is 0 Å². The second-order valence-electron chi connectivity index (χ2n) is 1.59. The molecule has 0 aromatic carbocycles. The summed E-state index contributed by atoms with van der Waals surface area (Å²) in [5, 5.41) is 16.9. The molecule has 0 aliphatic carbocycles. The summed E-state index contributed by atoms with van der Waals surface area (Å²) in [6.45, 7) is 1.79. The predicted molar refractivity (Wildman–Crippen MR) is 32.5 cm³/mol. The van der Waals surface area contributed by atoms with Crippen molar-refractivity contribution in [3.8, 4) is 0 Å². The van der Waals surface area contributed by atoms with Crippen LogP contribution in [0.1, 0.15) is 13.3 Å². The Kier molecular flexibility index (Phi) is 4.61. The molecule has 0 aliphatic rings. The van der Waals surface area contributed by atoms with E-state index in [4.69, 9.17) is 10.2 Å². The molecule has 8 heavy (non-hydrogen) atoms. The summed E-state index contributed by atoms with van der Waals surface area (Å²) in [6, 6.07) is 0. The highest BCUT2D eigenvalue weighted by atomic mass is 16.3. The first-order valence-electron chi connectivity index (χ1n) is 2.76. The quantitative estimate of drug-likeness (QED) is 0.521. The van der Waals surface area contributed by atoms with Crippen LogP contribution in [0.4, 0.5) is 0 Å². The van der Waals surface area contributed by atoms with Crippen molar-refractivity contribution in [2.24, 2.45) is 0 Å². The molecule has 0 radical (unpaired) electrons. The standard InChI is InChI=1S/C6H12O2/c1-2-3-4-6(8)5-7/h3-4,6-8H,2,5H2,1H3. The van der Waals surface area contributed by atoms with Gasteiger partial charge in [-0.3, -0.25) is 0 Å². The molecule has 0 bridgehead atoms. The Bertz CT molecular complexity index is 68.9. The van der Waals surface area contributed by atoms with Gasteiger partial charge in [0.2, 0.25) is 0 Å². The molecule has 0 heterocycles. The first kappa shape index (κ1) is 7.66. The summed E-state index contributed by atoms with van der Waals surface area (Å²) in [4.78, 5) is 0. The van der Waals surface area contributed by atoms with Crippen molar-refractivity contribution in [3.05, 3.63) is 12.2 Å². The summed E-state index contributed by atoms with van der Waals surface area (Å²) < 4.78 is 0. The van der Waals surface area contributed by atoms with Crippen LogP contribution in [0.3, 0.4) is 0 Å². The van der Waals surface area contributed by atoms with E-state index in [0.717, 1.165) is 6.42 Å². The fraction of sp³-hybridized carbons (Fsp3) is 0.667. The second kappa shape index (κ2) is 4.81. The number of hydrogen-bond acceptors (Lipinski definition) is 2. The van der Waals surface area contributed by atoms with E-state index in [-0.39, 0.29) is 6.61 Å². The summed E-state index contributed by atoms with van der Waals surface area (Å²) in [5.41, 5.74) is 0. The lowest BCUT2D eigenvalue weighted by Gasteiger charge is -1.95. The fourth-order valence-electron chi connectivity index (χ4n) is 0.354. The average molecular weight is 116 g/mol. The van der Waals surface area contributed by atoms with Crippen LogP contribution in [0.5, 0.6) is 0 Å². The highest BCUT2D eigenvalue weighted by Crippen LogP contribution is 1.85. The smallest absolute Gasteiger partial charge is 0.0951 e. The van der Waals surface area contributed by atoms with Crippen molar-refractivity contribution in [1.82, 2.24) is 0 Å². The van der Waals surface area contributed by atoms with E-state index in [9.17, 15) is 0 Å². The summed E-state index contributed by atoms with van der Waals surface area (Å²) in [6.07, 6.45) is 3.63. The van der Waals surface area contributed by atoms with Gasteiger partial charge in [-0.05, 0) is 6.42 Å². The number of allylic oxidation sites excluding steroid dienone is 1. The Morgan fingerprint density at radius 1 is 1.62 bits per heavy atom. The van der Waals surface area contributed by atoms with Crippen molar-refractivity contribution in [2.75, 3.05) is 6.61 Å². The van der Waals surface area contributed by atoms with E-state index in [1.165, 1.54) is 0 Å². The van der Waals surface area contributed by atoms with E-state index >= 15 is 0 Å². The lowest BCUT2D eigenvalue weighted by Crippen LogP contribution is -2.06. The van der Waals surface area contributed by atoms with Crippen LogP contribution in [0, 0.1) is 0 Å². The molecular weight excluding hydrogens is 104 g/mol. The van der Waals surface area contributed by atoms with Crippen LogP contribution in [0.25, 0.3) is 0 Å². The van der Waals surface area contributed by atoms with Gasteiger partial charge in [-0.15, -0.1) is 0 Å². The molecule has 0 aromatic rings. The van der Waals surface area contributed by atoms with E-state index in [2.05, 4.69) is 0 Å². The summed E-state index contributed by atoms with van der Waals surface area (Å²) in [7, 11) is 0. The Morgan fingerprint density at radius 2 is 2.25 bits per heavy atom. The first-order valence-corrected chi connectivity index (χ1v) is 2.76. The second-order valence-corrected chi connectivity index (χ2v) is 1.59. The molecule has 0 saturated carbocycles. The molecule has 1 unspecified atom stereocenters. The zero-order valence-corrected chi connectivity index (χ0v) is 5.04. The predicted octanol–water partition coefficient (Wildman–Crippen LogP) is 0.306. The number of hydrogen-bond donors (Lipinski definition) is 2. The molecule has 0 saturated heterocycles. The molecule has 0 aromatic heterocycles. The Morgan fingerprint density at radius 3 is 2.62 bits per heavy atom. The maximum Gasteiger partial charge on any atom is 0.0951 e. The van der Waals surface area contributed by atoms with Gasteiger partial charge >= 0.3 is 0 Å². The van der Waals surface area contributed by atoms with Gasteiger partial charge in [0.25, 0.3) is 0 Å². The van der Waals surface area contributed by atoms with Crippen molar-refractivity contribution in [2.45, 2.75) is 19.4 Å². The van der Waals surface area contributed by atoms with Crippen molar-refractivity contribution in [3.63, 3.8) is 0 Å². The molecule has 1 atom stereocenters. The van der Waals surface area contributed by atoms with Crippen LogP contribution in [0.15, 0.2) is 12.2 Å². The molecule has 2 nitrogen and oxygen atoms in total. The van der Waals surface area contributed by atoms with Gasteiger partial charge in [0, 0.05) is 0 Å².